The Labute approximate surface area is 112 Å². The minimum atomic E-state index is -0.941. The Morgan fingerprint density at radius 2 is 2.32 bits per heavy atom. The van der Waals surface area contributed by atoms with Crippen LogP contribution in [0.2, 0.25) is 0 Å². The number of hydrogen-bond acceptors (Lipinski definition) is 5. The molecule has 2 aliphatic rings. The van der Waals surface area contributed by atoms with Crippen molar-refractivity contribution in [2.24, 2.45) is 5.16 Å². The van der Waals surface area contributed by atoms with Crippen molar-refractivity contribution in [3.63, 3.8) is 0 Å². The summed E-state index contributed by atoms with van der Waals surface area (Å²) in [6.45, 7) is 3.09. The summed E-state index contributed by atoms with van der Waals surface area (Å²) in [6, 6.07) is 0. The van der Waals surface area contributed by atoms with Crippen LogP contribution in [0.25, 0.3) is 0 Å². The zero-order valence-corrected chi connectivity index (χ0v) is 11.3. The van der Waals surface area contributed by atoms with Gasteiger partial charge < -0.3 is 9.94 Å². The molecule has 2 unspecified atom stereocenters. The van der Waals surface area contributed by atoms with Crippen molar-refractivity contribution >= 4 is 17.3 Å². The molecule has 1 N–H and O–H groups in total. The Morgan fingerprint density at radius 3 is 2.84 bits per heavy atom. The van der Waals surface area contributed by atoms with Crippen molar-refractivity contribution in [2.75, 3.05) is 0 Å². The van der Waals surface area contributed by atoms with Crippen molar-refractivity contribution < 1.29 is 19.5 Å². The molecule has 1 heterocycles. The van der Waals surface area contributed by atoms with Gasteiger partial charge in [-0.3, -0.25) is 9.59 Å². The van der Waals surface area contributed by atoms with Crippen LogP contribution in [0.15, 0.2) is 16.8 Å². The average Bonchev–Trinajstić information content (AvgIpc) is 2.74. The minimum absolute atomic E-state index is 0.0369. The van der Waals surface area contributed by atoms with Crippen molar-refractivity contribution in [3.8, 4) is 0 Å². The van der Waals surface area contributed by atoms with Gasteiger partial charge in [-0.2, -0.15) is 0 Å². The number of ketones is 2. The van der Waals surface area contributed by atoms with Crippen LogP contribution in [-0.4, -0.2) is 34.1 Å². The van der Waals surface area contributed by atoms with Gasteiger partial charge in [-0.15, -0.1) is 0 Å². The molecule has 0 aromatic carbocycles. The van der Waals surface area contributed by atoms with E-state index in [2.05, 4.69) is 5.16 Å². The van der Waals surface area contributed by atoms with Gasteiger partial charge in [0.15, 0.2) is 5.60 Å². The van der Waals surface area contributed by atoms with E-state index in [4.69, 9.17) is 4.84 Å². The molecule has 1 aliphatic heterocycles. The molecule has 5 nitrogen and oxygen atoms in total. The Bertz CT molecular complexity index is 464. The third kappa shape index (κ3) is 2.92. The van der Waals surface area contributed by atoms with E-state index < -0.39 is 11.7 Å². The van der Waals surface area contributed by atoms with E-state index in [-0.39, 0.29) is 18.0 Å². The Morgan fingerprint density at radius 1 is 1.58 bits per heavy atom. The molecular weight excluding hydrogens is 246 g/mol. The van der Waals surface area contributed by atoms with Gasteiger partial charge in [0.25, 0.3) is 0 Å². The largest absolute Gasteiger partial charge is 0.389 e. The maximum Gasteiger partial charge on any atom is 0.175 e. The number of hydrogen-bond donors (Lipinski definition) is 1. The summed E-state index contributed by atoms with van der Waals surface area (Å²) in [5.74, 6) is 0.193. The summed E-state index contributed by atoms with van der Waals surface area (Å²) in [7, 11) is 0. The first-order valence-electron chi connectivity index (χ1n) is 6.56. The normalized spacial score (nSPS) is 28.5. The van der Waals surface area contributed by atoms with Crippen LogP contribution in [-0.2, 0) is 14.4 Å². The van der Waals surface area contributed by atoms with Crippen LogP contribution in [0.4, 0.5) is 0 Å². The fourth-order valence-electron chi connectivity index (χ4n) is 2.53. The van der Waals surface area contributed by atoms with Gasteiger partial charge in [0, 0.05) is 19.3 Å². The van der Waals surface area contributed by atoms with Crippen LogP contribution >= 0.6 is 0 Å². The SMILES string of the molecule is CC(=O)CC1(C(C)O)CC(C2=CCC(=O)CC2)=NO1. The molecule has 0 amide bonds. The van der Waals surface area contributed by atoms with Crippen LogP contribution in [0.3, 0.4) is 0 Å². The number of Topliss-reactive ketones (excluding diaryl/α,β-unsaturated/α-hetero) is 2. The van der Waals surface area contributed by atoms with Gasteiger partial charge in [-0.1, -0.05) is 11.2 Å². The third-order valence-corrected chi connectivity index (χ3v) is 3.73. The molecule has 0 aromatic heterocycles. The predicted octanol–water partition coefficient (Wildman–Crippen LogP) is 1.54. The maximum atomic E-state index is 11.3. The van der Waals surface area contributed by atoms with E-state index in [0.717, 1.165) is 11.3 Å². The lowest BCUT2D eigenvalue weighted by Gasteiger charge is -2.28. The number of allylic oxidation sites excluding steroid dienone is 2. The fourth-order valence-corrected chi connectivity index (χ4v) is 2.53. The lowest BCUT2D eigenvalue weighted by atomic mass is 9.83. The lowest BCUT2D eigenvalue weighted by Crippen LogP contribution is -2.42. The number of aliphatic hydroxyl groups is 1. The molecule has 0 spiro atoms. The topological polar surface area (TPSA) is 76.0 Å². The second-order valence-corrected chi connectivity index (χ2v) is 5.40. The second kappa shape index (κ2) is 5.25. The van der Waals surface area contributed by atoms with E-state index in [1.54, 1.807) is 6.92 Å². The molecule has 19 heavy (non-hydrogen) atoms. The fraction of sp³-hybridized carbons (Fsp3) is 0.643. The summed E-state index contributed by atoms with van der Waals surface area (Å²) in [4.78, 5) is 27.9. The molecule has 2 rings (SSSR count). The first-order chi connectivity index (χ1) is 8.93. The summed E-state index contributed by atoms with van der Waals surface area (Å²) in [6.07, 6.45) is 3.29. The first kappa shape index (κ1) is 13.9. The summed E-state index contributed by atoms with van der Waals surface area (Å²) >= 11 is 0. The van der Waals surface area contributed by atoms with E-state index in [9.17, 15) is 14.7 Å². The molecule has 0 saturated carbocycles. The minimum Gasteiger partial charge on any atom is -0.389 e. The number of rotatable bonds is 4. The van der Waals surface area contributed by atoms with Gasteiger partial charge in [0.05, 0.1) is 18.2 Å². The zero-order chi connectivity index (χ0) is 14.0. The Balaban J connectivity index is 2.12. The van der Waals surface area contributed by atoms with Gasteiger partial charge in [-0.25, -0.2) is 0 Å². The number of oxime groups is 1. The standard InChI is InChI=1S/C14H19NO4/c1-9(16)7-14(10(2)17)8-13(15-19-14)11-3-5-12(18)6-4-11/h3,10,17H,4-8H2,1-2H3. The van der Waals surface area contributed by atoms with Gasteiger partial charge in [0.1, 0.15) is 11.6 Å². The molecule has 1 aliphatic carbocycles. The summed E-state index contributed by atoms with van der Waals surface area (Å²) in [5.41, 5.74) is 0.823. The number of carbonyl (C=O) groups is 2. The molecule has 0 bridgehead atoms. The zero-order valence-electron chi connectivity index (χ0n) is 11.3. The summed E-state index contributed by atoms with van der Waals surface area (Å²) < 4.78 is 0. The highest BCUT2D eigenvalue weighted by Gasteiger charge is 2.45. The van der Waals surface area contributed by atoms with Crippen molar-refractivity contribution in [1.29, 1.82) is 0 Å². The quantitative estimate of drug-likeness (QED) is 0.836. The molecule has 0 radical (unpaired) electrons. The smallest absolute Gasteiger partial charge is 0.175 e. The predicted molar refractivity (Wildman–Crippen MR) is 69.8 cm³/mol. The van der Waals surface area contributed by atoms with Crippen LogP contribution < -0.4 is 0 Å². The van der Waals surface area contributed by atoms with Gasteiger partial charge >= 0.3 is 0 Å². The molecular formula is C14H19NO4. The van der Waals surface area contributed by atoms with E-state index >= 15 is 0 Å². The highest BCUT2D eigenvalue weighted by Crippen LogP contribution is 2.35. The van der Waals surface area contributed by atoms with Gasteiger partial charge in [0.2, 0.25) is 0 Å². The molecule has 0 fully saturated rings. The second-order valence-electron chi connectivity index (χ2n) is 5.40. The number of carbonyl (C=O) groups excluding carboxylic acids is 2. The molecule has 0 saturated heterocycles. The summed E-state index contributed by atoms with van der Waals surface area (Å²) in [5, 5.41) is 13.9. The molecule has 0 aromatic rings. The van der Waals surface area contributed by atoms with Crippen molar-refractivity contribution in [1.82, 2.24) is 0 Å². The van der Waals surface area contributed by atoms with Crippen molar-refractivity contribution in [3.05, 3.63) is 11.6 Å². The average molecular weight is 265 g/mol. The Hall–Kier alpha value is -1.49. The van der Waals surface area contributed by atoms with E-state index in [0.29, 0.717) is 25.7 Å². The van der Waals surface area contributed by atoms with E-state index in [1.165, 1.54) is 6.92 Å². The highest BCUT2D eigenvalue weighted by molar-refractivity contribution is 6.03. The third-order valence-electron chi connectivity index (χ3n) is 3.73. The molecule has 104 valence electrons. The maximum absolute atomic E-state index is 11.3. The van der Waals surface area contributed by atoms with Crippen molar-refractivity contribution in [2.45, 2.75) is 57.7 Å². The Kier molecular flexibility index (Phi) is 3.85. The van der Waals surface area contributed by atoms with Crippen LogP contribution in [0.5, 0.6) is 0 Å². The highest BCUT2D eigenvalue weighted by atomic mass is 16.7. The number of nitrogens with zero attached hydrogens (tertiary/aromatic N) is 1. The molecule has 5 heteroatoms. The first-order valence-corrected chi connectivity index (χ1v) is 6.56. The van der Waals surface area contributed by atoms with Gasteiger partial charge in [-0.05, 0) is 25.8 Å². The molecule has 2 atom stereocenters. The van der Waals surface area contributed by atoms with E-state index in [1.807, 2.05) is 6.08 Å². The number of aliphatic hydroxyl groups excluding tert-OH is 1. The van der Waals surface area contributed by atoms with Crippen LogP contribution in [0, 0.1) is 0 Å². The lowest BCUT2D eigenvalue weighted by molar-refractivity contribution is -0.135. The monoisotopic (exact) mass is 265 g/mol. The van der Waals surface area contributed by atoms with Crippen LogP contribution in [0.1, 0.15) is 46.0 Å².